The first kappa shape index (κ1) is 15.6. The molecule has 1 saturated carbocycles. The van der Waals surface area contributed by atoms with Crippen molar-refractivity contribution >= 4 is 35.3 Å². The van der Waals surface area contributed by atoms with Crippen LogP contribution in [-0.4, -0.2) is 45.6 Å². The molecular weight excluding hydrogens is 294 g/mol. The molecule has 0 bridgehead atoms. The monoisotopic (exact) mass is 315 g/mol. The smallest absolute Gasteiger partial charge is 0.231 e. The van der Waals surface area contributed by atoms with Crippen molar-refractivity contribution in [3.05, 3.63) is 5.28 Å². The summed E-state index contributed by atoms with van der Waals surface area (Å²) in [7, 11) is 0. The van der Waals surface area contributed by atoms with E-state index < -0.39 is 0 Å². The number of thioether (sulfide) groups is 1. The first-order valence-electron chi connectivity index (χ1n) is 7.12. The maximum absolute atomic E-state index is 6.02. The summed E-state index contributed by atoms with van der Waals surface area (Å²) in [5.74, 6) is 1.25. The van der Waals surface area contributed by atoms with Crippen LogP contribution in [0.15, 0.2) is 0 Å². The molecule has 1 heterocycles. The van der Waals surface area contributed by atoms with E-state index in [2.05, 4.69) is 45.3 Å². The van der Waals surface area contributed by atoms with E-state index in [1.165, 1.54) is 6.42 Å². The zero-order valence-electron chi connectivity index (χ0n) is 12.3. The van der Waals surface area contributed by atoms with Crippen LogP contribution in [0.1, 0.15) is 33.1 Å². The number of nitrogens with one attached hydrogen (secondary N) is 1. The molecule has 1 aliphatic carbocycles. The van der Waals surface area contributed by atoms with Gasteiger partial charge in [-0.25, -0.2) is 0 Å². The van der Waals surface area contributed by atoms with Crippen LogP contribution in [0.5, 0.6) is 0 Å². The topological polar surface area (TPSA) is 53.9 Å². The van der Waals surface area contributed by atoms with Crippen molar-refractivity contribution in [1.82, 2.24) is 15.0 Å². The highest BCUT2D eigenvalue weighted by molar-refractivity contribution is 7.99. The molecule has 1 aliphatic rings. The van der Waals surface area contributed by atoms with Gasteiger partial charge in [-0.1, -0.05) is 0 Å². The van der Waals surface area contributed by atoms with Crippen LogP contribution >= 0.6 is 23.4 Å². The Balaban J connectivity index is 2.08. The molecule has 20 heavy (non-hydrogen) atoms. The lowest BCUT2D eigenvalue weighted by molar-refractivity contribution is 0.738. The quantitative estimate of drug-likeness (QED) is 0.870. The number of anilines is 2. The number of aromatic nitrogens is 3. The Morgan fingerprint density at radius 3 is 2.60 bits per heavy atom. The Morgan fingerprint density at radius 2 is 2.00 bits per heavy atom. The van der Waals surface area contributed by atoms with E-state index >= 15 is 0 Å². The molecule has 2 unspecified atom stereocenters. The van der Waals surface area contributed by atoms with Gasteiger partial charge in [-0.05, 0) is 51.0 Å². The Bertz CT molecular complexity index is 441. The summed E-state index contributed by atoms with van der Waals surface area (Å²) in [4.78, 5) is 15.0. The standard InChI is InChI=1S/C13H22ClN5S/c1-4-19(5-2)13-17-11(14)16-12(18-13)15-9-6-7-10(8-9)20-3/h9-10H,4-8H2,1-3H3,(H,15,16,17,18). The fraction of sp³-hybridized carbons (Fsp3) is 0.769. The van der Waals surface area contributed by atoms with Crippen LogP contribution < -0.4 is 10.2 Å². The van der Waals surface area contributed by atoms with E-state index in [4.69, 9.17) is 11.6 Å². The van der Waals surface area contributed by atoms with Crippen LogP contribution in [0.25, 0.3) is 0 Å². The molecule has 0 aromatic carbocycles. The van der Waals surface area contributed by atoms with E-state index in [0.29, 0.717) is 17.9 Å². The molecule has 1 N–H and O–H groups in total. The summed E-state index contributed by atoms with van der Waals surface area (Å²) < 4.78 is 0. The molecule has 0 radical (unpaired) electrons. The van der Waals surface area contributed by atoms with Crippen LogP contribution in [0.4, 0.5) is 11.9 Å². The molecule has 0 spiro atoms. The summed E-state index contributed by atoms with van der Waals surface area (Å²) in [6.07, 6.45) is 5.74. The predicted octanol–water partition coefficient (Wildman–Crippen LogP) is 3.07. The molecule has 0 amide bonds. The normalized spacial score (nSPS) is 22.0. The Labute approximate surface area is 129 Å². The van der Waals surface area contributed by atoms with Crippen LogP contribution in [0.2, 0.25) is 5.28 Å². The van der Waals surface area contributed by atoms with Crippen LogP contribution in [0.3, 0.4) is 0 Å². The summed E-state index contributed by atoms with van der Waals surface area (Å²) in [6.45, 7) is 5.87. The highest BCUT2D eigenvalue weighted by Crippen LogP contribution is 2.30. The van der Waals surface area contributed by atoms with Gasteiger partial charge in [0, 0.05) is 24.4 Å². The fourth-order valence-corrected chi connectivity index (χ4v) is 3.47. The number of hydrogen-bond acceptors (Lipinski definition) is 6. The maximum atomic E-state index is 6.02. The minimum Gasteiger partial charge on any atom is -0.351 e. The third-order valence-electron chi connectivity index (χ3n) is 3.69. The zero-order valence-corrected chi connectivity index (χ0v) is 13.8. The number of nitrogens with zero attached hydrogens (tertiary/aromatic N) is 4. The van der Waals surface area contributed by atoms with Gasteiger partial charge in [-0.15, -0.1) is 0 Å². The Kier molecular flexibility index (Phi) is 5.72. The lowest BCUT2D eigenvalue weighted by Gasteiger charge is -2.19. The molecule has 5 nitrogen and oxygen atoms in total. The van der Waals surface area contributed by atoms with Gasteiger partial charge in [-0.2, -0.15) is 26.7 Å². The van der Waals surface area contributed by atoms with E-state index in [9.17, 15) is 0 Å². The van der Waals surface area contributed by atoms with Crippen molar-refractivity contribution in [1.29, 1.82) is 0 Å². The molecule has 7 heteroatoms. The minimum absolute atomic E-state index is 0.254. The summed E-state index contributed by atoms with van der Waals surface area (Å²) in [6, 6.07) is 0.440. The first-order valence-corrected chi connectivity index (χ1v) is 8.78. The van der Waals surface area contributed by atoms with Gasteiger partial charge in [0.1, 0.15) is 0 Å². The van der Waals surface area contributed by atoms with Crippen molar-refractivity contribution < 1.29 is 0 Å². The van der Waals surface area contributed by atoms with E-state index in [1.54, 1.807) is 0 Å². The van der Waals surface area contributed by atoms with Crippen molar-refractivity contribution in [2.45, 2.75) is 44.4 Å². The SMILES string of the molecule is CCN(CC)c1nc(Cl)nc(NC2CCC(SC)C2)n1. The van der Waals surface area contributed by atoms with Crippen molar-refractivity contribution in [2.24, 2.45) is 0 Å². The number of halogens is 1. The average Bonchev–Trinajstić information content (AvgIpc) is 2.87. The van der Waals surface area contributed by atoms with Gasteiger partial charge in [0.2, 0.25) is 17.2 Å². The molecule has 112 valence electrons. The van der Waals surface area contributed by atoms with Crippen molar-refractivity contribution in [2.75, 3.05) is 29.6 Å². The summed E-state index contributed by atoms with van der Waals surface area (Å²) >= 11 is 7.95. The zero-order chi connectivity index (χ0) is 14.5. The van der Waals surface area contributed by atoms with Gasteiger partial charge in [0.05, 0.1) is 0 Å². The van der Waals surface area contributed by atoms with Gasteiger partial charge in [0.25, 0.3) is 0 Å². The molecule has 1 fully saturated rings. The third kappa shape index (κ3) is 3.88. The second kappa shape index (κ2) is 7.31. The maximum Gasteiger partial charge on any atom is 0.231 e. The van der Waals surface area contributed by atoms with Gasteiger partial charge in [0.15, 0.2) is 0 Å². The van der Waals surface area contributed by atoms with E-state index in [-0.39, 0.29) is 5.28 Å². The van der Waals surface area contributed by atoms with Gasteiger partial charge < -0.3 is 10.2 Å². The first-order chi connectivity index (χ1) is 9.66. The molecule has 0 aliphatic heterocycles. The lowest BCUT2D eigenvalue weighted by Crippen LogP contribution is -2.26. The third-order valence-corrected chi connectivity index (χ3v) is 4.96. The molecule has 1 aromatic heterocycles. The molecule has 2 rings (SSSR count). The van der Waals surface area contributed by atoms with Crippen molar-refractivity contribution in [3.63, 3.8) is 0 Å². The van der Waals surface area contributed by atoms with E-state index in [0.717, 1.165) is 31.2 Å². The number of hydrogen-bond donors (Lipinski definition) is 1. The summed E-state index contributed by atoms with van der Waals surface area (Å²) in [5.41, 5.74) is 0. The molecular formula is C13H22ClN5S. The second-order valence-corrected chi connectivity index (χ2v) is 6.39. The largest absolute Gasteiger partial charge is 0.351 e. The molecule has 2 atom stereocenters. The Morgan fingerprint density at radius 1 is 1.25 bits per heavy atom. The van der Waals surface area contributed by atoms with Gasteiger partial charge >= 0.3 is 0 Å². The molecule has 0 saturated heterocycles. The van der Waals surface area contributed by atoms with Gasteiger partial charge in [-0.3, -0.25) is 0 Å². The predicted molar refractivity (Wildman–Crippen MR) is 87.0 cm³/mol. The lowest BCUT2D eigenvalue weighted by atomic mass is 10.2. The van der Waals surface area contributed by atoms with E-state index in [1.807, 2.05) is 11.8 Å². The minimum atomic E-state index is 0.254. The molecule has 1 aromatic rings. The van der Waals surface area contributed by atoms with Crippen LogP contribution in [0, 0.1) is 0 Å². The number of rotatable bonds is 6. The highest BCUT2D eigenvalue weighted by atomic mass is 35.5. The average molecular weight is 316 g/mol. The summed E-state index contributed by atoms with van der Waals surface area (Å²) in [5, 5.41) is 4.40. The van der Waals surface area contributed by atoms with Crippen LogP contribution in [-0.2, 0) is 0 Å². The Hall–Kier alpha value is -0.750. The van der Waals surface area contributed by atoms with Crippen molar-refractivity contribution in [3.8, 4) is 0 Å². The highest BCUT2D eigenvalue weighted by Gasteiger charge is 2.24. The fourth-order valence-electron chi connectivity index (χ4n) is 2.52. The second-order valence-electron chi connectivity index (χ2n) is 4.91.